The topological polar surface area (TPSA) is 79.6 Å². The molecule has 23 heavy (non-hydrogen) atoms. The van der Waals surface area contributed by atoms with Crippen LogP contribution in [0.3, 0.4) is 0 Å². The Labute approximate surface area is 137 Å². The van der Waals surface area contributed by atoms with Crippen molar-refractivity contribution in [1.82, 2.24) is 10.6 Å². The van der Waals surface area contributed by atoms with Crippen LogP contribution in [0.1, 0.15) is 45.1 Å². The number of hydrogen-bond donors (Lipinski definition) is 2. The predicted octanol–water partition coefficient (Wildman–Crippen LogP) is 3.23. The highest BCUT2D eigenvalue weighted by Gasteiger charge is 2.34. The van der Waals surface area contributed by atoms with Crippen LogP contribution in [0, 0.1) is 15.5 Å². The summed E-state index contributed by atoms with van der Waals surface area (Å²) in [6, 6.07) is 6.76. The highest BCUT2D eigenvalue weighted by Crippen LogP contribution is 2.42. The summed E-state index contributed by atoms with van der Waals surface area (Å²) in [5, 5.41) is 17.7. The lowest BCUT2D eigenvalue weighted by atomic mass is 9.67. The van der Waals surface area contributed by atoms with Crippen molar-refractivity contribution in [2.24, 2.45) is 10.4 Å². The van der Waals surface area contributed by atoms with Gasteiger partial charge in [0.1, 0.15) is 0 Å². The van der Waals surface area contributed by atoms with Gasteiger partial charge in [-0.25, -0.2) is 4.99 Å². The van der Waals surface area contributed by atoms with Crippen molar-refractivity contribution in [2.45, 2.75) is 46.1 Å². The van der Waals surface area contributed by atoms with E-state index in [2.05, 4.69) is 22.5 Å². The minimum atomic E-state index is -0.356. The van der Waals surface area contributed by atoms with E-state index in [0.29, 0.717) is 17.5 Å². The van der Waals surface area contributed by atoms with Gasteiger partial charge in [0, 0.05) is 19.2 Å². The Bertz CT molecular complexity index is 562. The molecule has 1 aromatic rings. The second kappa shape index (κ2) is 7.94. The van der Waals surface area contributed by atoms with Crippen LogP contribution < -0.4 is 10.6 Å². The van der Waals surface area contributed by atoms with Crippen molar-refractivity contribution in [3.05, 3.63) is 39.9 Å². The van der Waals surface area contributed by atoms with Crippen molar-refractivity contribution < 1.29 is 4.92 Å². The molecule has 0 radical (unpaired) electrons. The number of nitrogens with one attached hydrogen (secondary N) is 2. The molecule has 0 saturated heterocycles. The van der Waals surface area contributed by atoms with Crippen LogP contribution in [-0.2, 0) is 6.54 Å². The fourth-order valence-electron chi connectivity index (χ4n) is 2.93. The van der Waals surface area contributed by atoms with Gasteiger partial charge in [-0.2, -0.15) is 0 Å². The number of hydrogen-bond acceptors (Lipinski definition) is 3. The first-order valence-corrected chi connectivity index (χ1v) is 8.35. The fourth-order valence-corrected chi connectivity index (χ4v) is 2.93. The quantitative estimate of drug-likeness (QED) is 0.350. The molecule has 0 unspecified atom stereocenters. The van der Waals surface area contributed by atoms with E-state index in [1.54, 1.807) is 18.2 Å². The Morgan fingerprint density at radius 1 is 1.30 bits per heavy atom. The van der Waals surface area contributed by atoms with Crippen LogP contribution in [0.4, 0.5) is 5.69 Å². The molecule has 0 heterocycles. The third kappa shape index (κ3) is 4.43. The molecule has 0 aromatic heterocycles. The van der Waals surface area contributed by atoms with Gasteiger partial charge in [0.2, 0.25) is 0 Å². The summed E-state index contributed by atoms with van der Waals surface area (Å²) in [6.45, 7) is 6.22. The zero-order valence-corrected chi connectivity index (χ0v) is 14.0. The van der Waals surface area contributed by atoms with Gasteiger partial charge in [-0.1, -0.05) is 31.5 Å². The first-order valence-electron chi connectivity index (χ1n) is 8.35. The van der Waals surface area contributed by atoms with Gasteiger partial charge in [-0.3, -0.25) is 10.1 Å². The monoisotopic (exact) mass is 318 g/mol. The van der Waals surface area contributed by atoms with Crippen LogP contribution in [0.2, 0.25) is 0 Å². The third-order valence-corrected chi connectivity index (χ3v) is 4.74. The lowest BCUT2D eigenvalue weighted by Gasteiger charge is -2.41. The van der Waals surface area contributed by atoms with Gasteiger partial charge in [0.05, 0.1) is 17.0 Å². The number of para-hydroxylation sites is 1. The minimum absolute atomic E-state index is 0.121. The Kier molecular flexibility index (Phi) is 5.96. The van der Waals surface area contributed by atoms with E-state index in [-0.39, 0.29) is 10.6 Å². The molecule has 1 saturated carbocycles. The molecule has 1 fully saturated rings. The molecule has 2 N–H and O–H groups in total. The Morgan fingerprint density at radius 3 is 2.61 bits per heavy atom. The van der Waals surface area contributed by atoms with Gasteiger partial charge < -0.3 is 10.6 Å². The van der Waals surface area contributed by atoms with E-state index in [4.69, 9.17) is 0 Å². The summed E-state index contributed by atoms with van der Waals surface area (Å²) in [5.74, 6) is 0.727. The third-order valence-electron chi connectivity index (χ3n) is 4.74. The smallest absolute Gasteiger partial charge is 0.274 e. The van der Waals surface area contributed by atoms with Crippen molar-refractivity contribution in [3.8, 4) is 0 Å². The van der Waals surface area contributed by atoms with Gasteiger partial charge >= 0.3 is 0 Å². The Morgan fingerprint density at radius 2 is 2.04 bits per heavy atom. The van der Waals surface area contributed by atoms with Crippen LogP contribution in [-0.4, -0.2) is 24.0 Å². The summed E-state index contributed by atoms with van der Waals surface area (Å²) >= 11 is 0. The van der Waals surface area contributed by atoms with Crippen molar-refractivity contribution in [2.75, 3.05) is 13.1 Å². The molecule has 2 rings (SSSR count). The summed E-state index contributed by atoms with van der Waals surface area (Å²) < 4.78 is 0. The second-order valence-electron chi connectivity index (χ2n) is 6.14. The minimum Gasteiger partial charge on any atom is -0.357 e. The highest BCUT2D eigenvalue weighted by molar-refractivity contribution is 5.79. The maximum absolute atomic E-state index is 11.1. The standard InChI is InChI=1S/C17H26N4O2/c1-3-17(10-7-11-17)13-20-16(18-4-2)19-12-14-8-5-6-9-15(14)21(22)23/h5-6,8-9H,3-4,7,10-13H2,1-2H3,(H2,18,19,20). The van der Waals surface area contributed by atoms with Gasteiger partial charge in [0.15, 0.2) is 5.96 Å². The number of nitro groups is 1. The van der Waals surface area contributed by atoms with E-state index in [9.17, 15) is 10.1 Å². The van der Waals surface area contributed by atoms with Gasteiger partial charge in [-0.15, -0.1) is 0 Å². The summed E-state index contributed by atoms with van der Waals surface area (Å²) in [6.07, 6.45) is 5.00. The molecule has 1 aliphatic carbocycles. The van der Waals surface area contributed by atoms with Crippen LogP contribution in [0.5, 0.6) is 0 Å². The predicted molar refractivity (Wildman–Crippen MR) is 92.5 cm³/mol. The molecule has 126 valence electrons. The summed E-state index contributed by atoms with van der Waals surface area (Å²) in [5.41, 5.74) is 1.15. The van der Waals surface area contributed by atoms with E-state index in [0.717, 1.165) is 19.0 Å². The molecule has 0 bridgehead atoms. The van der Waals surface area contributed by atoms with Crippen molar-refractivity contribution >= 4 is 11.6 Å². The number of benzene rings is 1. The number of rotatable bonds is 7. The molecule has 0 amide bonds. The van der Waals surface area contributed by atoms with Crippen molar-refractivity contribution in [1.29, 1.82) is 0 Å². The maximum Gasteiger partial charge on any atom is 0.274 e. The lowest BCUT2D eigenvalue weighted by molar-refractivity contribution is -0.385. The van der Waals surface area contributed by atoms with E-state index in [1.807, 2.05) is 6.92 Å². The molecule has 6 heteroatoms. The van der Waals surface area contributed by atoms with Crippen LogP contribution >= 0.6 is 0 Å². The lowest BCUT2D eigenvalue weighted by Crippen LogP contribution is -2.46. The first kappa shape index (κ1) is 17.2. The number of nitrogens with zero attached hydrogens (tertiary/aromatic N) is 2. The zero-order chi connectivity index (χ0) is 16.7. The SMILES string of the molecule is CCNC(=NCc1ccccc1[N+](=O)[O-])NCC1(CC)CCC1. The molecule has 0 atom stereocenters. The van der Waals surface area contributed by atoms with Gasteiger partial charge in [0.25, 0.3) is 5.69 Å². The maximum atomic E-state index is 11.1. The average Bonchev–Trinajstić information content (AvgIpc) is 2.52. The number of aliphatic imine (C=N–C) groups is 1. The molecular formula is C17H26N4O2. The number of nitro benzene ring substituents is 1. The summed E-state index contributed by atoms with van der Waals surface area (Å²) in [4.78, 5) is 15.2. The Hall–Kier alpha value is -2.11. The molecule has 0 aliphatic heterocycles. The molecule has 1 aliphatic rings. The van der Waals surface area contributed by atoms with Gasteiger partial charge in [-0.05, 0) is 31.6 Å². The first-order chi connectivity index (χ1) is 11.1. The molecule has 1 aromatic carbocycles. The fraction of sp³-hybridized carbons (Fsp3) is 0.588. The second-order valence-corrected chi connectivity index (χ2v) is 6.14. The largest absolute Gasteiger partial charge is 0.357 e. The number of guanidine groups is 1. The van der Waals surface area contributed by atoms with E-state index < -0.39 is 0 Å². The normalized spacial score (nSPS) is 16.5. The molecule has 0 spiro atoms. The zero-order valence-electron chi connectivity index (χ0n) is 14.0. The highest BCUT2D eigenvalue weighted by atomic mass is 16.6. The van der Waals surface area contributed by atoms with Crippen molar-refractivity contribution in [3.63, 3.8) is 0 Å². The molecular weight excluding hydrogens is 292 g/mol. The van der Waals surface area contributed by atoms with E-state index in [1.165, 1.54) is 31.7 Å². The van der Waals surface area contributed by atoms with Crippen LogP contribution in [0.25, 0.3) is 0 Å². The van der Waals surface area contributed by atoms with Crippen LogP contribution in [0.15, 0.2) is 29.3 Å². The average molecular weight is 318 g/mol. The Balaban J connectivity index is 2.02. The van der Waals surface area contributed by atoms with E-state index >= 15 is 0 Å². The summed E-state index contributed by atoms with van der Waals surface area (Å²) in [7, 11) is 0. The molecule has 6 nitrogen and oxygen atoms in total.